The highest BCUT2D eigenvalue weighted by Gasteiger charge is 2.37. The van der Waals surface area contributed by atoms with Crippen LogP contribution >= 0.6 is 0 Å². The van der Waals surface area contributed by atoms with E-state index in [4.69, 9.17) is 15.9 Å². The molecule has 4 N–H and O–H groups in total. The summed E-state index contributed by atoms with van der Waals surface area (Å²) in [5, 5.41) is 15.6. The molecule has 0 heterocycles. The first-order chi connectivity index (χ1) is 12.9. The van der Waals surface area contributed by atoms with Crippen LogP contribution < -0.4 is 5.73 Å². The SMILES string of the molecule is NC1CCC(c2ccccc2)(c2ccccc2)CC1.O=C(O)/C=C/C(=O)O. The van der Waals surface area contributed by atoms with E-state index in [1.807, 2.05) is 0 Å². The maximum atomic E-state index is 9.55. The number of hydrogen-bond acceptors (Lipinski definition) is 3. The molecule has 0 saturated heterocycles. The molecular formula is C22H25NO4. The number of rotatable bonds is 4. The van der Waals surface area contributed by atoms with E-state index in [9.17, 15) is 9.59 Å². The summed E-state index contributed by atoms with van der Waals surface area (Å²) in [4.78, 5) is 19.1. The van der Waals surface area contributed by atoms with Crippen molar-refractivity contribution in [3.8, 4) is 0 Å². The fourth-order valence-electron chi connectivity index (χ4n) is 3.53. The van der Waals surface area contributed by atoms with Crippen molar-refractivity contribution < 1.29 is 19.8 Å². The molecule has 5 heteroatoms. The van der Waals surface area contributed by atoms with E-state index >= 15 is 0 Å². The number of carboxylic acids is 2. The second kappa shape index (κ2) is 9.69. The third kappa shape index (κ3) is 5.79. The molecule has 0 unspecified atom stereocenters. The van der Waals surface area contributed by atoms with Gasteiger partial charge in [-0.3, -0.25) is 0 Å². The Morgan fingerprint density at radius 1 is 0.815 bits per heavy atom. The molecule has 0 spiro atoms. The lowest BCUT2D eigenvalue weighted by molar-refractivity contribution is -0.134. The van der Waals surface area contributed by atoms with Gasteiger partial charge in [-0.1, -0.05) is 60.7 Å². The zero-order valence-electron chi connectivity index (χ0n) is 15.1. The molecule has 27 heavy (non-hydrogen) atoms. The summed E-state index contributed by atoms with van der Waals surface area (Å²) in [6.07, 6.45) is 5.66. The van der Waals surface area contributed by atoms with E-state index in [1.54, 1.807) is 0 Å². The van der Waals surface area contributed by atoms with E-state index in [1.165, 1.54) is 11.1 Å². The molecule has 0 atom stereocenters. The highest BCUT2D eigenvalue weighted by molar-refractivity contribution is 5.89. The third-order valence-corrected chi connectivity index (χ3v) is 4.91. The molecule has 0 aliphatic heterocycles. The molecule has 2 aromatic rings. The van der Waals surface area contributed by atoms with Crippen LogP contribution in [0.15, 0.2) is 72.8 Å². The highest BCUT2D eigenvalue weighted by atomic mass is 16.4. The molecular weight excluding hydrogens is 342 g/mol. The maximum absolute atomic E-state index is 9.55. The smallest absolute Gasteiger partial charge is 0.328 e. The number of benzene rings is 2. The lowest BCUT2D eigenvalue weighted by Crippen LogP contribution is -2.37. The Balaban J connectivity index is 0.000000279. The highest BCUT2D eigenvalue weighted by Crippen LogP contribution is 2.44. The lowest BCUT2D eigenvalue weighted by atomic mass is 9.64. The van der Waals surface area contributed by atoms with Gasteiger partial charge in [-0.25, -0.2) is 9.59 Å². The van der Waals surface area contributed by atoms with Crippen molar-refractivity contribution in [2.45, 2.75) is 37.1 Å². The van der Waals surface area contributed by atoms with Crippen LogP contribution in [-0.4, -0.2) is 28.2 Å². The minimum atomic E-state index is -1.26. The predicted octanol–water partition coefficient (Wildman–Crippen LogP) is 3.59. The number of nitrogens with two attached hydrogens (primary N) is 1. The first-order valence-corrected chi connectivity index (χ1v) is 8.94. The van der Waals surface area contributed by atoms with Crippen LogP contribution in [0.5, 0.6) is 0 Å². The third-order valence-electron chi connectivity index (χ3n) is 4.91. The average Bonchev–Trinajstić information content (AvgIpc) is 2.69. The normalized spacial score (nSPS) is 16.3. The van der Waals surface area contributed by atoms with Crippen LogP contribution in [0.3, 0.4) is 0 Å². The fraction of sp³-hybridized carbons (Fsp3) is 0.273. The van der Waals surface area contributed by atoms with Crippen LogP contribution in [-0.2, 0) is 15.0 Å². The summed E-state index contributed by atoms with van der Waals surface area (Å²) in [6, 6.07) is 22.2. The van der Waals surface area contributed by atoms with Crippen molar-refractivity contribution in [1.29, 1.82) is 0 Å². The minimum Gasteiger partial charge on any atom is -0.478 e. The summed E-state index contributed by atoms with van der Waals surface area (Å²) >= 11 is 0. The van der Waals surface area contributed by atoms with Gasteiger partial charge in [-0.05, 0) is 36.8 Å². The van der Waals surface area contributed by atoms with Gasteiger partial charge in [0, 0.05) is 23.6 Å². The van der Waals surface area contributed by atoms with Crippen molar-refractivity contribution in [1.82, 2.24) is 0 Å². The summed E-state index contributed by atoms with van der Waals surface area (Å²) in [7, 11) is 0. The number of hydrogen-bond donors (Lipinski definition) is 3. The first-order valence-electron chi connectivity index (χ1n) is 8.94. The molecule has 0 bridgehead atoms. The molecule has 1 aliphatic rings. The van der Waals surface area contributed by atoms with Gasteiger partial charge in [0.15, 0.2) is 0 Å². The van der Waals surface area contributed by atoms with Gasteiger partial charge in [-0.15, -0.1) is 0 Å². The number of carboxylic acid groups (broad SMARTS) is 2. The fourth-order valence-corrected chi connectivity index (χ4v) is 3.53. The summed E-state index contributed by atoms with van der Waals surface area (Å²) in [5.74, 6) is -2.51. The Morgan fingerprint density at radius 2 is 1.19 bits per heavy atom. The average molecular weight is 367 g/mol. The second-order valence-electron chi connectivity index (χ2n) is 6.66. The zero-order chi connectivity index (χ0) is 19.7. The number of aliphatic carboxylic acids is 2. The molecule has 2 aromatic carbocycles. The first kappa shape index (κ1) is 20.4. The van der Waals surface area contributed by atoms with Crippen LogP contribution in [0.4, 0.5) is 0 Å². The van der Waals surface area contributed by atoms with Gasteiger partial charge in [0.1, 0.15) is 0 Å². The summed E-state index contributed by atoms with van der Waals surface area (Å²) < 4.78 is 0. The van der Waals surface area contributed by atoms with Crippen molar-refractivity contribution >= 4 is 11.9 Å². The Morgan fingerprint density at radius 3 is 1.52 bits per heavy atom. The molecule has 0 aromatic heterocycles. The quantitative estimate of drug-likeness (QED) is 0.717. The summed E-state index contributed by atoms with van der Waals surface area (Å²) in [6.45, 7) is 0. The molecule has 1 fully saturated rings. The molecule has 1 aliphatic carbocycles. The Bertz CT molecular complexity index is 706. The standard InChI is InChI=1S/C18H21N.C4H4O4/c19-17-11-13-18(14-12-17,15-7-3-1-4-8-15)16-9-5-2-6-10-16;5-3(6)1-2-4(7)8/h1-10,17H,11-14,19H2;1-2H,(H,5,6)(H,7,8)/b;2-1+. The molecule has 5 nitrogen and oxygen atoms in total. The topological polar surface area (TPSA) is 101 Å². The van der Waals surface area contributed by atoms with Crippen molar-refractivity contribution in [2.75, 3.05) is 0 Å². The number of carbonyl (C=O) groups is 2. The lowest BCUT2D eigenvalue weighted by Gasteiger charge is -2.40. The van der Waals surface area contributed by atoms with Crippen molar-refractivity contribution in [3.05, 3.63) is 83.9 Å². The Hall–Kier alpha value is -2.92. The second-order valence-corrected chi connectivity index (χ2v) is 6.66. The molecule has 0 amide bonds. The monoisotopic (exact) mass is 367 g/mol. The van der Waals surface area contributed by atoms with Crippen LogP contribution in [0.1, 0.15) is 36.8 Å². The Labute approximate surface area is 159 Å². The van der Waals surface area contributed by atoms with Gasteiger partial charge < -0.3 is 15.9 Å². The maximum Gasteiger partial charge on any atom is 0.328 e. The minimum absolute atomic E-state index is 0.165. The van der Waals surface area contributed by atoms with Gasteiger partial charge >= 0.3 is 11.9 Å². The Kier molecular flexibility index (Phi) is 7.32. The predicted molar refractivity (Wildman–Crippen MR) is 105 cm³/mol. The van der Waals surface area contributed by atoms with Gasteiger partial charge in [0.2, 0.25) is 0 Å². The van der Waals surface area contributed by atoms with Crippen molar-refractivity contribution in [2.24, 2.45) is 5.73 Å². The van der Waals surface area contributed by atoms with E-state index in [0.717, 1.165) is 25.7 Å². The molecule has 0 radical (unpaired) electrons. The zero-order valence-corrected chi connectivity index (χ0v) is 15.1. The summed E-state index contributed by atoms with van der Waals surface area (Å²) in [5.41, 5.74) is 9.15. The molecule has 3 rings (SSSR count). The van der Waals surface area contributed by atoms with Crippen LogP contribution in [0, 0.1) is 0 Å². The molecule has 142 valence electrons. The van der Waals surface area contributed by atoms with E-state index < -0.39 is 11.9 Å². The van der Waals surface area contributed by atoms with E-state index in [0.29, 0.717) is 18.2 Å². The van der Waals surface area contributed by atoms with Crippen molar-refractivity contribution in [3.63, 3.8) is 0 Å². The van der Waals surface area contributed by atoms with E-state index in [2.05, 4.69) is 60.7 Å². The van der Waals surface area contributed by atoms with Gasteiger partial charge in [0.05, 0.1) is 0 Å². The molecule has 1 saturated carbocycles. The van der Waals surface area contributed by atoms with Crippen LogP contribution in [0.25, 0.3) is 0 Å². The van der Waals surface area contributed by atoms with Crippen LogP contribution in [0.2, 0.25) is 0 Å². The van der Waals surface area contributed by atoms with E-state index in [-0.39, 0.29) is 5.41 Å². The van der Waals surface area contributed by atoms with Gasteiger partial charge in [0.25, 0.3) is 0 Å². The van der Waals surface area contributed by atoms with Gasteiger partial charge in [-0.2, -0.15) is 0 Å². The largest absolute Gasteiger partial charge is 0.478 e.